The molecule has 5 nitrogen and oxygen atoms in total. The number of rotatable bonds is 3. The normalized spacial score (nSPS) is 15.6. The third-order valence-corrected chi connectivity index (χ3v) is 3.01. The Labute approximate surface area is 94.6 Å². The van der Waals surface area contributed by atoms with Crippen LogP contribution in [-0.2, 0) is 0 Å². The minimum atomic E-state index is -0.0839. The van der Waals surface area contributed by atoms with E-state index in [0.29, 0.717) is 17.4 Å². The van der Waals surface area contributed by atoms with E-state index in [0.717, 1.165) is 6.54 Å². The van der Waals surface area contributed by atoms with E-state index in [4.69, 9.17) is 5.73 Å². The van der Waals surface area contributed by atoms with Crippen molar-refractivity contribution in [1.29, 1.82) is 0 Å². The van der Waals surface area contributed by atoms with Crippen LogP contribution in [0.1, 0.15) is 29.8 Å². The summed E-state index contributed by atoms with van der Waals surface area (Å²) in [5, 5.41) is 7.46. The highest BCUT2D eigenvalue weighted by atomic mass is 16.2. The van der Waals surface area contributed by atoms with Gasteiger partial charge >= 0.3 is 0 Å². The first-order valence-electron chi connectivity index (χ1n) is 5.51. The van der Waals surface area contributed by atoms with Crippen LogP contribution >= 0.6 is 0 Å². The quantitative estimate of drug-likeness (QED) is 0.822. The molecule has 1 amide bonds. The van der Waals surface area contributed by atoms with Crippen LogP contribution < -0.4 is 5.73 Å². The van der Waals surface area contributed by atoms with Gasteiger partial charge in [0.1, 0.15) is 5.82 Å². The van der Waals surface area contributed by atoms with E-state index in [2.05, 4.69) is 10.2 Å². The fourth-order valence-electron chi connectivity index (χ4n) is 1.80. The van der Waals surface area contributed by atoms with Crippen LogP contribution in [0.25, 0.3) is 0 Å². The zero-order valence-corrected chi connectivity index (χ0v) is 9.39. The summed E-state index contributed by atoms with van der Waals surface area (Å²) in [5.41, 5.74) is 5.77. The van der Waals surface area contributed by atoms with Crippen molar-refractivity contribution in [3.63, 3.8) is 0 Å². The Morgan fingerprint density at radius 2 is 2.25 bits per heavy atom. The molecule has 1 aliphatic rings. The molecule has 0 atom stereocenters. The number of nitrogen functional groups attached to an aromatic ring is 1. The maximum atomic E-state index is 11.9. The molecule has 0 radical (unpaired) electrons. The van der Waals surface area contributed by atoms with E-state index in [-0.39, 0.29) is 5.91 Å². The molecule has 0 spiro atoms. The summed E-state index contributed by atoms with van der Waals surface area (Å²) < 4.78 is 0. The van der Waals surface area contributed by atoms with Crippen molar-refractivity contribution in [3.8, 4) is 0 Å². The Morgan fingerprint density at radius 3 is 2.75 bits per heavy atom. The maximum Gasteiger partial charge on any atom is 0.274 e. The van der Waals surface area contributed by atoms with Crippen molar-refractivity contribution < 1.29 is 4.79 Å². The number of carbonyl (C=O) groups excluding carboxylic acids is 1. The molecule has 1 fully saturated rings. The molecule has 0 bridgehead atoms. The van der Waals surface area contributed by atoms with Gasteiger partial charge in [0, 0.05) is 13.6 Å². The second-order valence-corrected chi connectivity index (χ2v) is 4.33. The fourth-order valence-corrected chi connectivity index (χ4v) is 1.80. The van der Waals surface area contributed by atoms with Crippen LogP contribution in [0.3, 0.4) is 0 Å². The van der Waals surface area contributed by atoms with Gasteiger partial charge in [0.15, 0.2) is 5.69 Å². The highest BCUT2D eigenvalue weighted by Crippen LogP contribution is 2.26. The number of nitrogens with two attached hydrogens (primary N) is 1. The summed E-state index contributed by atoms with van der Waals surface area (Å²) in [6.07, 6.45) is 3.74. The molecule has 1 heterocycles. The molecule has 1 aliphatic carbocycles. The lowest BCUT2D eigenvalue weighted by molar-refractivity contribution is 0.0738. The number of nitrogens with zero attached hydrogens (tertiary/aromatic N) is 3. The van der Waals surface area contributed by atoms with Crippen molar-refractivity contribution in [2.75, 3.05) is 19.3 Å². The predicted octanol–water partition coefficient (Wildman–Crippen LogP) is 0.931. The number of anilines is 1. The molecule has 0 unspecified atom stereocenters. The van der Waals surface area contributed by atoms with Crippen molar-refractivity contribution in [2.45, 2.75) is 19.3 Å². The lowest BCUT2D eigenvalue weighted by Crippen LogP contribution is -2.34. The molecule has 2 rings (SSSR count). The van der Waals surface area contributed by atoms with E-state index in [1.54, 1.807) is 24.1 Å². The Kier molecular flexibility index (Phi) is 3.03. The number of aromatic nitrogens is 2. The maximum absolute atomic E-state index is 11.9. The number of hydrogen-bond donors (Lipinski definition) is 1. The van der Waals surface area contributed by atoms with Crippen molar-refractivity contribution in [2.24, 2.45) is 5.92 Å². The van der Waals surface area contributed by atoms with Crippen LogP contribution in [-0.4, -0.2) is 34.6 Å². The van der Waals surface area contributed by atoms with Crippen LogP contribution in [0.2, 0.25) is 0 Å². The van der Waals surface area contributed by atoms with E-state index in [1.165, 1.54) is 19.3 Å². The average molecular weight is 220 g/mol. The van der Waals surface area contributed by atoms with Gasteiger partial charge in [-0.25, -0.2) is 0 Å². The topological polar surface area (TPSA) is 72.1 Å². The predicted molar refractivity (Wildman–Crippen MR) is 60.7 cm³/mol. The molecule has 5 heteroatoms. The van der Waals surface area contributed by atoms with Gasteiger partial charge < -0.3 is 10.6 Å². The fraction of sp³-hybridized carbons (Fsp3) is 0.545. The van der Waals surface area contributed by atoms with Gasteiger partial charge in [0.05, 0.1) is 0 Å². The van der Waals surface area contributed by atoms with Crippen LogP contribution in [0.4, 0.5) is 5.82 Å². The molecule has 86 valence electrons. The van der Waals surface area contributed by atoms with Gasteiger partial charge in [-0.2, -0.15) is 0 Å². The minimum Gasteiger partial charge on any atom is -0.382 e. The van der Waals surface area contributed by atoms with Crippen molar-refractivity contribution in [1.82, 2.24) is 15.1 Å². The Bertz CT molecular complexity index is 372. The van der Waals surface area contributed by atoms with Crippen molar-refractivity contribution in [3.05, 3.63) is 17.8 Å². The SMILES string of the molecule is CN(CC1CCC1)C(=O)c1ccc(N)nn1. The monoisotopic (exact) mass is 220 g/mol. The molecule has 1 saturated carbocycles. The number of carbonyl (C=O) groups is 1. The Morgan fingerprint density at radius 1 is 1.50 bits per heavy atom. The minimum absolute atomic E-state index is 0.0839. The summed E-state index contributed by atoms with van der Waals surface area (Å²) in [4.78, 5) is 13.6. The van der Waals surface area contributed by atoms with E-state index >= 15 is 0 Å². The first-order valence-corrected chi connectivity index (χ1v) is 5.51. The molecule has 0 saturated heterocycles. The van der Waals surface area contributed by atoms with Crippen LogP contribution in [0.5, 0.6) is 0 Å². The summed E-state index contributed by atoms with van der Waals surface area (Å²) in [5.74, 6) is 0.910. The summed E-state index contributed by atoms with van der Waals surface area (Å²) >= 11 is 0. The van der Waals surface area contributed by atoms with Gasteiger partial charge in [0.2, 0.25) is 0 Å². The van der Waals surface area contributed by atoms with E-state index in [9.17, 15) is 4.79 Å². The Balaban J connectivity index is 1.97. The second-order valence-electron chi connectivity index (χ2n) is 4.33. The van der Waals surface area contributed by atoms with Crippen molar-refractivity contribution >= 4 is 11.7 Å². The average Bonchev–Trinajstić information content (AvgIpc) is 2.23. The highest BCUT2D eigenvalue weighted by Gasteiger charge is 2.22. The molecular formula is C11H16N4O. The van der Waals surface area contributed by atoms with Crippen LogP contribution in [0.15, 0.2) is 12.1 Å². The molecule has 0 aliphatic heterocycles. The van der Waals surface area contributed by atoms with Gasteiger partial charge in [-0.15, -0.1) is 10.2 Å². The standard InChI is InChI=1S/C11H16N4O/c1-15(7-8-3-2-4-8)11(16)9-5-6-10(12)14-13-9/h5-6,8H,2-4,7H2,1H3,(H2,12,14). The highest BCUT2D eigenvalue weighted by molar-refractivity contribution is 5.92. The number of amides is 1. The molecule has 1 aromatic heterocycles. The Hall–Kier alpha value is -1.65. The van der Waals surface area contributed by atoms with Gasteiger partial charge in [-0.05, 0) is 30.9 Å². The summed E-state index contributed by atoms with van der Waals surface area (Å²) in [7, 11) is 1.80. The smallest absolute Gasteiger partial charge is 0.274 e. The second kappa shape index (κ2) is 4.47. The van der Waals surface area contributed by atoms with E-state index < -0.39 is 0 Å². The molecular weight excluding hydrogens is 204 g/mol. The van der Waals surface area contributed by atoms with Crippen LogP contribution in [0, 0.1) is 5.92 Å². The first-order chi connectivity index (χ1) is 7.66. The molecule has 16 heavy (non-hydrogen) atoms. The van der Waals surface area contributed by atoms with Gasteiger partial charge in [-0.1, -0.05) is 6.42 Å². The lowest BCUT2D eigenvalue weighted by atomic mass is 9.85. The zero-order valence-electron chi connectivity index (χ0n) is 9.39. The summed E-state index contributed by atoms with van der Waals surface area (Å²) in [6, 6.07) is 3.21. The molecule has 1 aromatic rings. The van der Waals surface area contributed by atoms with Gasteiger partial charge in [-0.3, -0.25) is 4.79 Å². The van der Waals surface area contributed by atoms with E-state index in [1.807, 2.05) is 0 Å². The number of hydrogen-bond acceptors (Lipinski definition) is 4. The summed E-state index contributed by atoms with van der Waals surface area (Å²) in [6.45, 7) is 0.810. The molecule has 0 aromatic carbocycles. The third kappa shape index (κ3) is 2.29. The largest absolute Gasteiger partial charge is 0.382 e. The first kappa shape index (κ1) is 10.9. The zero-order chi connectivity index (χ0) is 11.5. The lowest BCUT2D eigenvalue weighted by Gasteiger charge is -2.29. The van der Waals surface area contributed by atoms with Gasteiger partial charge in [0.25, 0.3) is 5.91 Å². The third-order valence-electron chi connectivity index (χ3n) is 3.01. The molecule has 2 N–H and O–H groups in total.